The summed E-state index contributed by atoms with van der Waals surface area (Å²) in [5.41, 5.74) is 6.46. The maximum absolute atomic E-state index is 5.31. The third-order valence-electron chi connectivity index (χ3n) is 0.852. The third kappa shape index (κ3) is 3.84. The molecular weight excluding hydrogens is 100 g/mol. The van der Waals surface area contributed by atoms with Gasteiger partial charge in [0.25, 0.3) is 0 Å². The standard InChI is InChI=1S/C6H14N2/c1-6(2)4-8(3)5-7/h1,4-5,7H2,2-3H3. The van der Waals surface area contributed by atoms with Gasteiger partial charge in [-0.15, -0.1) is 0 Å². The molecule has 0 saturated carbocycles. The van der Waals surface area contributed by atoms with Gasteiger partial charge < -0.3 is 5.73 Å². The molecule has 0 bridgehead atoms. The summed E-state index contributed by atoms with van der Waals surface area (Å²) in [4.78, 5) is 2.00. The van der Waals surface area contributed by atoms with Crippen molar-refractivity contribution in [3.05, 3.63) is 12.2 Å². The molecule has 0 aliphatic carbocycles. The van der Waals surface area contributed by atoms with Crippen molar-refractivity contribution in [3.8, 4) is 0 Å². The first-order valence-corrected chi connectivity index (χ1v) is 2.70. The van der Waals surface area contributed by atoms with Crippen LogP contribution in [-0.2, 0) is 0 Å². The van der Waals surface area contributed by atoms with Crippen molar-refractivity contribution >= 4 is 0 Å². The Balaban J connectivity index is 3.24. The molecule has 2 N–H and O–H groups in total. The molecule has 0 saturated heterocycles. The summed E-state index contributed by atoms with van der Waals surface area (Å²) in [5, 5.41) is 0. The molecular formula is C6H14N2. The zero-order valence-corrected chi connectivity index (χ0v) is 5.65. The highest BCUT2D eigenvalue weighted by Gasteiger charge is 1.90. The molecule has 0 aromatic rings. The lowest BCUT2D eigenvalue weighted by molar-refractivity contribution is 0.374. The van der Waals surface area contributed by atoms with Crippen LogP contribution in [0.1, 0.15) is 6.92 Å². The Morgan fingerprint density at radius 3 is 2.38 bits per heavy atom. The van der Waals surface area contributed by atoms with E-state index >= 15 is 0 Å². The zero-order chi connectivity index (χ0) is 6.57. The first-order valence-electron chi connectivity index (χ1n) is 2.70. The monoisotopic (exact) mass is 114 g/mol. The summed E-state index contributed by atoms with van der Waals surface area (Å²) in [6.07, 6.45) is 0. The van der Waals surface area contributed by atoms with Gasteiger partial charge in [0.2, 0.25) is 0 Å². The smallest absolute Gasteiger partial charge is 0.0455 e. The van der Waals surface area contributed by atoms with E-state index in [1.54, 1.807) is 0 Å². The van der Waals surface area contributed by atoms with E-state index < -0.39 is 0 Å². The fourth-order valence-electron chi connectivity index (χ4n) is 0.525. The molecule has 48 valence electrons. The van der Waals surface area contributed by atoms with Gasteiger partial charge in [-0.2, -0.15) is 0 Å². The van der Waals surface area contributed by atoms with Gasteiger partial charge in [-0.3, -0.25) is 4.90 Å². The largest absolute Gasteiger partial charge is 0.318 e. The molecule has 0 amide bonds. The van der Waals surface area contributed by atoms with Crippen LogP contribution in [0.4, 0.5) is 0 Å². The molecule has 0 atom stereocenters. The molecule has 2 heteroatoms. The Hall–Kier alpha value is -0.340. The van der Waals surface area contributed by atoms with E-state index in [1.807, 2.05) is 18.9 Å². The molecule has 0 spiro atoms. The number of nitrogens with zero attached hydrogens (tertiary/aromatic N) is 1. The van der Waals surface area contributed by atoms with E-state index in [0.29, 0.717) is 6.67 Å². The number of hydrogen-bond acceptors (Lipinski definition) is 2. The highest BCUT2D eigenvalue weighted by atomic mass is 15.1. The van der Waals surface area contributed by atoms with Gasteiger partial charge in [-0.25, -0.2) is 0 Å². The van der Waals surface area contributed by atoms with Crippen molar-refractivity contribution in [2.24, 2.45) is 5.73 Å². The summed E-state index contributed by atoms with van der Waals surface area (Å²) < 4.78 is 0. The topological polar surface area (TPSA) is 29.3 Å². The Labute approximate surface area is 51.0 Å². The summed E-state index contributed by atoms with van der Waals surface area (Å²) in [7, 11) is 1.97. The van der Waals surface area contributed by atoms with Crippen molar-refractivity contribution < 1.29 is 0 Å². The van der Waals surface area contributed by atoms with Gasteiger partial charge in [0, 0.05) is 13.2 Å². The molecule has 8 heavy (non-hydrogen) atoms. The minimum absolute atomic E-state index is 0.604. The molecule has 0 heterocycles. The van der Waals surface area contributed by atoms with Gasteiger partial charge in [-0.05, 0) is 14.0 Å². The molecule has 0 aliphatic heterocycles. The van der Waals surface area contributed by atoms with E-state index in [9.17, 15) is 0 Å². The van der Waals surface area contributed by atoms with Crippen LogP contribution in [0.25, 0.3) is 0 Å². The van der Waals surface area contributed by atoms with E-state index in [1.165, 1.54) is 0 Å². The van der Waals surface area contributed by atoms with Crippen molar-refractivity contribution in [3.63, 3.8) is 0 Å². The SMILES string of the molecule is C=C(C)CN(C)CN. The molecule has 2 nitrogen and oxygen atoms in total. The maximum atomic E-state index is 5.31. The first kappa shape index (κ1) is 7.66. The molecule has 0 unspecified atom stereocenters. The normalized spacial score (nSPS) is 10.0. The second kappa shape index (κ2) is 3.64. The lowest BCUT2D eigenvalue weighted by Gasteiger charge is -2.11. The van der Waals surface area contributed by atoms with E-state index in [4.69, 9.17) is 5.73 Å². The highest BCUT2D eigenvalue weighted by Crippen LogP contribution is 1.87. The van der Waals surface area contributed by atoms with Gasteiger partial charge >= 0.3 is 0 Å². The summed E-state index contributed by atoms with van der Waals surface area (Å²) in [6.45, 7) is 7.24. The fourth-order valence-corrected chi connectivity index (χ4v) is 0.525. The van der Waals surface area contributed by atoms with Crippen LogP contribution < -0.4 is 5.73 Å². The van der Waals surface area contributed by atoms with E-state index in [-0.39, 0.29) is 0 Å². The highest BCUT2D eigenvalue weighted by molar-refractivity contribution is 4.90. The first-order chi connectivity index (χ1) is 3.66. The minimum atomic E-state index is 0.604. The molecule has 0 rings (SSSR count). The van der Waals surface area contributed by atoms with Crippen LogP contribution in [0, 0.1) is 0 Å². The Morgan fingerprint density at radius 2 is 2.25 bits per heavy atom. The number of rotatable bonds is 3. The molecule has 0 aromatic heterocycles. The van der Waals surface area contributed by atoms with Crippen LogP contribution in [-0.4, -0.2) is 25.2 Å². The second-order valence-electron chi connectivity index (χ2n) is 2.15. The Morgan fingerprint density at radius 1 is 1.75 bits per heavy atom. The van der Waals surface area contributed by atoms with Crippen LogP contribution in [0.3, 0.4) is 0 Å². The maximum Gasteiger partial charge on any atom is 0.0455 e. The van der Waals surface area contributed by atoms with Crippen LogP contribution in [0.5, 0.6) is 0 Å². The Kier molecular flexibility index (Phi) is 3.48. The summed E-state index contributed by atoms with van der Waals surface area (Å²) >= 11 is 0. The van der Waals surface area contributed by atoms with Crippen LogP contribution in [0.2, 0.25) is 0 Å². The van der Waals surface area contributed by atoms with Crippen molar-refractivity contribution in [2.45, 2.75) is 6.92 Å². The lowest BCUT2D eigenvalue weighted by Crippen LogP contribution is -2.26. The molecule has 0 aliphatic rings. The third-order valence-corrected chi connectivity index (χ3v) is 0.852. The van der Waals surface area contributed by atoms with E-state index in [0.717, 1.165) is 12.1 Å². The number of likely N-dealkylation sites (N-methyl/N-ethyl adjacent to an activating group) is 1. The summed E-state index contributed by atoms with van der Waals surface area (Å²) in [5.74, 6) is 0. The van der Waals surface area contributed by atoms with Crippen LogP contribution in [0.15, 0.2) is 12.2 Å². The Bertz CT molecular complexity index is 78.6. The van der Waals surface area contributed by atoms with Crippen molar-refractivity contribution in [1.82, 2.24) is 4.90 Å². The quantitative estimate of drug-likeness (QED) is 0.425. The van der Waals surface area contributed by atoms with Crippen LogP contribution >= 0.6 is 0 Å². The number of hydrogen-bond donors (Lipinski definition) is 1. The average molecular weight is 114 g/mol. The second-order valence-corrected chi connectivity index (χ2v) is 2.15. The lowest BCUT2D eigenvalue weighted by atomic mass is 10.3. The van der Waals surface area contributed by atoms with Crippen molar-refractivity contribution in [2.75, 3.05) is 20.3 Å². The van der Waals surface area contributed by atoms with Gasteiger partial charge in [-0.1, -0.05) is 12.2 Å². The van der Waals surface area contributed by atoms with Gasteiger partial charge in [0.15, 0.2) is 0 Å². The molecule has 0 aromatic carbocycles. The fraction of sp³-hybridized carbons (Fsp3) is 0.667. The molecule has 0 radical (unpaired) electrons. The average Bonchev–Trinajstić information content (AvgIpc) is 1.65. The van der Waals surface area contributed by atoms with Gasteiger partial charge in [0.05, 0.1) is 0 Å². The van der Waals surface area contributed by atoms with Crippen molar-refractivity contribution in [1.29, 1.82) is 0 Å². The zero-order valence-electron chi connectivity index (χ0n) is 5.65. The summed E-state index contributed by atoms with van der Waals surface area (Å²) in [6, 6.07) is 0. The minimum Gasteiger partial charge on any atom is -0.318 e. The number of nitrogens with two attached hydrogens (primary N) is 1. The van der Waals surface area contributed by atoms with Gasteiger partial charge in [0.1, 0.15) is 0 Å². The molecule has 0 fully saturated rings. The predicted octanol–water partition coefficient (Wildman–Crippen LogP) is 0.410. The predicted molar refractivity (Wildman–Crippen MR) is 36.5 cm³/mol. The van der Waals surface area contributed by atoms with E-state index in [2.05, 4.69) is 6.58 Å².